The standard InChI is InChI=1S/C15H16BrNO2S/c1-10(14-4-3-7-20-14)17(2)9-12-6-5-11(15(18)19)8-13(12)16/h3-8,10H,9H2,1-2H3,(H,18,19). The molecule has 0 spiro atoms. The first-order valence-corrected chi connectivity index (χ1v) is 7.91. The highest BCUT2D eigenvalue weighted by Gasteiger charge is 2.14. The summed E-state index contributed by atoms with van der Waals surface area (Å²) >= 11 is 5.20. The molecule has 0 aliphatic rings. The maximum absolute atomic E-state index is 10.9. The highest BCUT2D eigenvalue weighted by atomic mass is 79.9. The number of carboxylic acid groups (broad SMARTS) is 1. The Balaban J connectivity index is 2.11. The fourth-order valence-corrected chi connectivity index (χ4v) is 3.31. The van der Waals surface area contributed by atoms with Gasteiger partial charge in [-0.15, -0.1) is 11.3 Å². The molecular formula is C15H16BrNO2S. The molecule has 1 N–H and O–H groups in total. The summed E-state index contributed by atoms with van der Waals surface area (Å²) in [4.78, 5) is 14.5. The molecule has 0 aliphatic heterocycles. The lowest BCUT2D eigenvalue weighted by atomic mass is 10.1. The van der Waals surface area contributed by atoms with Crippen molar-refractivity contribution in [1.29, 1.82) is 0 Å². The number of rotatable bonds is 5. The number of hydrogen-bond acceptors (Lipinski definition) is 3. The highest BCUT2D eigenvalue weighted by molar-refractivity contribution is 9.10. The van der Waals surface area contributed by atoms with Crippen molar-refractivity contribution < 1.29 is 9.90 Å². The van der Waals surface area contributed by atoms with Gasteiger partial charge in [0.1, 0.15) is 0 Å². The Labute approximate surface area is 131 Å². The van der Waals surface area contributed by atoms with Crippen molar-refractivity contribution in [2.75, 3.05) is 7.05 Å². The number of carbonyl (C=O) groups is 1. The van der Waals surface area contributed by atoms with Gasteiger partial charge in [0.25, 0.3) is 0 Å². The van der Waals surface area contributed by atoms with E-state index in [1.165, 1.54) is 4.88 Å². The molecule has 0 saturated carbocycles. The lowest BCUT2D eigenvalue weighted by molar-refractivity contribution is 0.0697. The van der Waals surface area contributed by atoms with E-state index in [9.17, 15) is 4.79 Å². The zero-order valence-electron chi connectivity index (χ0n) is 11.3. The molecule has 0 radical (unpaired) electrons. The Hall–Kier alpha value is -1.17. The van der Waals surface area contributed by atoms with Gasteiger partial charge < -0.3 is 5.11 Å². The van der Waals surface area contributed by atoms with E-state index >= 15 is 0 Å². The minimum atomic E-state index is -0.905. The van der Waals surface area contributed by atoms with Crippen LogP contribution in [0.15, 0.2) is 40.2 Å². The van der Waals surface area contributed by atoms with Crippen molar-refractivity contribution >= 4 is 33.2 Å². The Morgan fingerprint density at radius 2 is 2.20 bits per heavy atom. The van der Waals surface area contributed by atoms with Gasteiger partial charge in [0.05, 0.1) is 5.56 Å². The van der Waals surface area contributed by atoms with Gasteiger partial charge in [-0.05, 0) is 43.1 Å². The molecule has 5 heteroatoms. The van der Waals surface area contributed by atoms with Crippen molar-refractivity contribution in [3.8, 4) is 0 Å². The van der Waals surface area contributed by atoms with E-state index in [0.717, 1.165) is 16.6 Å². The van der Waals surface area contributed by atoms with Crippen LogP contribution in [-0.4, -0.2) is 23.0 Å². The first kappa shape index (κ1) is 15.2. The second-order valence-corrected chi connectivity index (χ2v) is 6.55. The zero-order valence-corrected chi connectivity index (χ0v) is 13.7. The van der Waals surface area contributed by atoms with Crippen molar-refractivity contribution in [3.63, 3.8) is 0 Å². The predicted octanol–water partition coefficient (Wildman–Crippen LogP) is 4.40. The SMILES string of the molecule is CC(c1cccs1)N(C)Cc1ccc(C(=O)O)cc1Br. The third kappa shape index (κ3) is 3.48. The lowest BCUT2D eigenvalue weighted by Gasteiger charge is -2.24. The lowest BCUT2D eigenvalue weighted by Crippen LogP contribution is -2.21. The summed E-state index contributed by atoms with van der Waals surface area (Å²) in [5.74, 6) is -0.905. The van der Waals surface area contributed by atoms with Crippen LogP contribution in [0.25, 0.3) is 0 Å². The summed E-state index contributed by atoms with van der Waals surface area (Å²) in [6, 6.07) is 9.69. The Bertz CT molecular complexity index is 598. The number of aromatic carboxylic acids is 1. The number of nitrogens with zero attached hydrogens (tertiary/aromatic N) is 1. The van der Waals surface area contributed by atoms with Crippen molar-refractivity contribution in [3.05, 3.63) is 56.2 Å². The molecule has 0 amide bonds. The van der Waals surface area contributed by atoms with Gasteiger partial charge in [-0.1, -0.05) is 28.1 Å². The monoisotopic (exact) mass is 353 g/mol. The minimum Gasteiger partial charge on any atom is -0.478 e. The topological polar surface area (TPSA) is 40.5 Å². The fourth-order valence-electron chi connectivity index (χ4n) is 1.96. The van der Waals surface area contributed by atoms with E-state index in [-0.39, 0.29) is 0 Å². The number of thiophene rings is 1. The molecule has 0 bridgehead atoms. The second kappa shape index (κ2) is 6.52. The number of benzene rings is 1. The first-order chi connectivity index (χ1) is 9.49. The molecule has 1 heterocycles. The van der Waals surface area contributed by atoms with Gasteiger partial charge in [-0.3, -0.25) is 4.90 Å². The summed E-state index contributed by atoms with van der Waals surface area (Å²) in [5.41, 5.74) is 1.38. The third-order valence-corrected chi connectivity index (χ3v) is 5.12. The molecule has 20 heavy (non-hydrogen) atoms. The van der Waals surface area contributed by atoms with Gasteiger partial charge in [-0.25, -0.2) is 4.79 Å². The Morgan fingerprint density at radius 1 is 1.45 bits per heavy atom. The van der Waals surface area contributed by atoms with E-state index in [1.807, 2.05) is 6.07 Å². The van der Waals surface area contributed by atoms with Crippen LogP contribution < -0.4 is 0 Å². The normalized spacial score (nSPS) is 12.6. The van der Waals surface area contributed by atoms with Crippen molar-refractivity contribution in [2.24, 2.45) is 0 Å². The van der Waals surface area contributed by atoms with E-state index in [0.29, 0.717) is 11.6 Å². The van der Waals surface area contributed by atoms with Gasteiger partial charge >= 0.3 is 5.97 Å². The van der Waals surface area contributed by atoms with Gasteiger partial charge in [0.15, 0.2) is 0 Å². The maximum atomic E-state index is 10.9. The molecule has 0 aliphatic carbocycles. The highest BCUT2D eigenvalue weighted by Crippen LogP contribution is 2.27. The van der Waals surface area contributed by atoms with E-state index in [1.54, 1.807) is 23.5 Å². The van der Waals surface area contributed by atoms with E-state index in [4.69, 9.17) is 5.11 Å². The molecule has 0 fully saturated rings. The zero-order chi connectivity index (χ0) is 14.7. The van der Waals surface area contributed by atoms with Crippen molar-refractivity contribution in [1.82, 2.24) is 4.90 Å². The minimum absolute atomic E-state index is 0.301. The van der Waals surface area contributed by atoms with Crippen LogP contribution in [0.3, 0.4) is 0 Å². The van der Waals surface area contributed by atoms with Crippen LogP contribution in [-0.2, 0) is 6.54 Å². The molecule has 3 nitrogen and oxygen atoms in total. The van der Waals surface area contributed by atoms with Crippen LogP contribution >= 0.6 is 27.3 Å². The Kier molecular flexibility index (Phi) is 4.96. The third-order valence-electron chi connectivity index (χ3n) is 3.34. The molecule has 106 valence electrons. The summed E-state index contributed by atoms with van der Waals surface area (Å²) < 4.78 is 0.836. The van der Waals surface area contributed by atoms with E-state index < -0.39 is 5.97 Å². The van der Waals surface area contributed by atoms with Crippen LogP contribution in [0.4, 0.5) is 0 Å². The van der Waals surface area contributed by atoms with Crippen LogP contribution in [0, 0.1) is 0 Å². The fraction of sp³-hybridized carbons (Fsp3) is 0.267. The summed E-state index contributed by atoms with van der Waals surface area (Å²) in [6.45, 7) is 2.94. The molecule has 1 atom stereocenters. The van der Waals surface area contributed by atoms with Gasteiger partial charge in [0, 0.05) is 21.9 Å². The molecule has 1 aromatic heterocycles. The molecule has 1 aromatic carbocycles. The molecule has 2 rings (SSSR count). The molecule has 2 aromatic rings. The maximum Gasteiger partial charge on any atom is 0.335 e. The second-order valence-electron chi connectivity index (χ2n) is 4.72. The van der Waals surface area contributed by atoms with Gasteiger partial charge in [0.2, 0.25) is 0 Å². The molecule has 1 unspecified atom stereocenters. The van der Waals surface area contributed by atoms with Crippen molar-refractivity contribution in [2.45, 2.75) is 19.5 Å². The van der Waals surface area contributed by atoms with Crippen LogP contribution in [0.1, 0.15) is 33.8 Å². The van der Waals surface area contributed by atoms with Crippen LogP contribution in [0.5, 0.6) is 0 Å². The average Bonchev–Trinajstić information content (AvgIpc) is 2.93. The average molecular weight is 354 g/mol. The predicted molar refractivity (Wildman–Crippen MR) is 85.3 cm³/mol. The summed E-state index contributed by atoms with van der Waals surface area (Å²) in [6.07, 6.45) is 0. The molecule has 0 saturated heterocycles. The first-order valence-electron chi connectivity index (χ1n) is 6.24. The number of hydrogen-bond donors (Lipinski definition) is 1. The molecular weight excluding hydrogens is 338 g/mol. The summed E-state index contributed by atoms with van der Waals surface area (Å²) in [7, 11) is 2.07. The van der Waals surface area contributed by atoms with E-state index in [2.05, 4.69) is 52.3 Å². The van der Waals surface area contributed by atoms with Crippen LogP contribution in [0.2, 0.25) is 0 Å². The largest absolute Gasteiger partial charge is 0.478 e. The Morgan fingerprint density at radius 3 is 2.75 bits per heavy atom. The number of halogens is 1. The number of carboxylic acids is 1. The summed E-state index contributed by atoms with van der Waals surface area (Å²) in [5, 5.41) is 11.0. The van der Waals surface area contributed by atoms with Gasteiger partial charge in [-0.2, -0.15) is 0 Å². The smallest absolute Gasteiger partial charge is 0.335 e. The quantitative estimate of drug-likeness (QED) is 0.865.